The quantitative estimate of drug-likeness (QED) is 0.591. The molecule has 0 rings (SSSR count). The van der Waals surface area contributed by atoms with Crippen molar-refractivity contribution in [2.24, 2.45) is 17.1 Å². The Kier molecular flexibility index (Phi) is 10.4. The Morgan fingerprint density at radius 2 is 1.74 bits per heavy atom. The SMILES string of the molecule is CCOC(=O)C(C)=C[C@H](C(C)C)N(C)C(=O)[C@@H](N)C(C)(C)C.Cl. The fourth-order valence-corrected chi connectivity index (χ4v) is 2.06. The number of carbonyl (C=O) groups is 2. The van der Waals surface area contributed by atoms with Gasteiger partial charge >= 0.3 is 5.97 Å². The largest absolute Gasteiger partial charge is 0.463 e. The number of rotatable bonds is 6. The molecule has 0 aliphatic heterocycles. The summed E-state index contributed by atoms with van der Waals surface area (Å²) >= 11 is 0. The van der Waals surface area contributed by atoms with E-state index in [1.807, 2.05) is 34.6 Å². The Labute approximate surface area is 147 Å². The van der Waals surface area contributed by atoms with E-state index in [0.29, 0.717) is 12.2 Å². The van der Waals surface area contributed by atoms with E-state index in [2.05, 4.69) is 0 Å². The van der Waals surface area contributed by atoms with Crippen LogP contribution < -0.4 is 5.73 Å². The number of hydrogen-bond donors (Lipinski definition) is 1. The smallest absolute Gasteiger partial charge is 0.333 e. The summed E-state index contributed by atoms with van der Waals surface area (Å²) in [6.07, 6.45) is 1.79. The highest BCUT2D eigenvalue weighted by molar-refractivity contribution is 5.88. The number of nitrogens with zero attached hydrogens (tertiary/aromatic N) is 1. The number of carbonyl (C=O) groups excluding carboxylic acids is 2. The summed E-state index contributed by atoms with van der Waals surface area (Å²) in [6.45, 7) is 13.6. The Hall–Kier alpha value is -1.07. The zero-order valence-corrected chi connectivity index (χ0v) is 16.5. The van der Waals surface area contributed by atoms with Crippen LogP contribution in [0.15, 0.2) is 11.6 Å². The molecule has 0 saturated heterocycles. The lowest BCUT2D eigenvalue weighted by atomic mass is 9.86. The minimum atomic E-state index is -0.588. The lowest BCUT2D eigenvalue weighted by molar-refractivity contribution is -0.139. The molecule has 0 aromatic heterocycles. The molecule has 2 atom stereocenters. The van der Waals surface area contributed by atoms with E-state index in [0.717, 1.165) is 0 Å². The number of amides is 1. The molecule has 0 heterocycles. The van der Waals surface area contributed by atoms with Crippen LogP contribution >= 0.6 is 12.4 Å². The lowest BCUT2D eigenvalue weighted by Gasteiger charge is -2.35. The standard InChI is InChI=1S/C17H32N2O3.ClH/c1-9-22-16(21)12(4)10-13(11(2)3)19(8)15(20)14(18)17(5,6)7;/h10-11,13-14H,9,18H2,1-8H3;1H/t13-,14-;/m1./s1. The van der Waals surface area contributed by atoms with Crippen LogP contribution in [0.3, 0.4) is 0 Å². The van der Waals surface area contributed by atoms with E-state index in [1.165, 1.54) is 0 Å². The maximum Gasteiger partial charge on any atom is 0.333 e. The predicted molar refractivity (Wildman–Crippen MR) is 96.5 cm³/mol. The maximum absolute atomic E-state index is 12.6. The number of hydrogen-bond acceptors (Lipinski definition) is 4. The molecular formula is C17H33ClN2O3. The van der Waals surface area contributed by atoms with Crippen molar-refractivity contribution < 1.29 is 14.3 Å². The van der Waals surface area contributed by atoms with E-state index in [4.69, 9.17) is 10.5 Å². The molecule has 0 bridgehead atoms. The van der Waals surface area contributed by atoms with Crippen LogP contribution in [0.1, 0.15) is 48.5 Å². The Morgan fingerprint density at radius 3 is 2.09 bits per heavy atom. The van der Waals surface area contributed by atoms with Gasteiger partial charge in [0.25, 0.3) is 0 Å². The molecule has 1 amide bonds. The van der Waals surface area contributed by atoms with Crippen LogP contribution in [0.25, 0.3) is 0 Å². The van der Waals surface area contributed by atoms with Crippen LogP contribution in [0.5, 0.6) is 0 Å². The second-order valence-electron chi connectivity index (χ2n) is 7.10. The molecule has 5 nitrogen and oxygen atoms in total. The zero-order chi connectivity index (χ0) is 17.7. The summed E-state index contributed by atoms with van der Waals surface area (Å²) in [4.78, 5) is 26.0. The van der Waals surface area contributed by atoms with E-state index >= 15 is 0 Å². The molecule has 0 unspecified atom stereocenters. The summed E-state index contributed by atoms with van der Waals surface area (Å²) < 4.78 is 4.99. The third-order valence-corrected chi connectivity index (χ3v) is 3.70. The third-order valence-electron chi connectivity index (χ3n) is 3.70. The predicted octanol–water partition coefficient (Wildman–Crippen LogP) is 2.77. The van der Waals surface area contributed by atoms with Crippen molar-refractivity contribution in [3.8, 4) is 0 Å². The van der Waals surface area contributed by atoms with Crippen molar-refractivity contribution in [1.82, 2.24) is 4.90 Å². The Balaban J connectivity index is 0. The number of esters is 1. The first-order chi connectivity index (χ1) is 9.93. The van der Waals surface area contributed by atoms with Crippen molar-refractivity contribution in [2.75, 3.05) is 13.7 Å². The van der Waals surface area contributed by atoms with Gasteiger partial charge in [0.2, 0.25) is 5.91 Å². The molecule has 2 N–H and O–H groups in total. The molecule has 0 saturated carbocycles. The summed E-state index contributed by atoms with van der Waals surface area (Å²) in [7, 11) is 1.73. The normalized spacial score (nSPS) is 14.8. The second kappa shape index (κ2) is 9.93. The van der Waals surface area contributed by atoms with Gasteiger partial charge in [-0.25, -0.2) is 4.79 Å². The minimum absolute atomic E-state index is 0. The van der Waals surface area contributed by atoms with E-state index in [1.54, 1.807) is 31.9 Å². The molecule has 0 aliphatic rings. The van der Waals surface area contributed by atoms with Crippen LogP contribution in [0.2, 0.25) is 0 Å². The highest BCUT2D eigenvalue weighted by Crippen LogP contribution is 2.22. The van der Waals surface area contributed by atoms with Gasteiger partial charge in [-0.05, 0) is 25.2 Å². The average molecular weight is 349 g/mol. The van der Waals surface area contributed by atoms with Crippen molar-refractivity contribution in [3.63, 3.8) is 0 Å². The average Bonchev–Trinajstić information content (AvgIpc) is 2.40. The number of ether oxygens (including phenoxy) is 1. The van der Waals surface area contributed by atoms with Crippen LogP contribution in [0.4, 0.5) is 0 Å². The molecule has 0 aromatic carbocycles. The molecule has 0 radical (unpaired) electrons. The minimum Gasteiger partial charge on any atom is -0.463 e. The summed E-state index contributed by atoms with van der Waals surface area (Å²) in [5.41, 5.74) is 6.26. The van der Waals surface area contributed by atoms with E-state index in [-0.39, 0.29) is 41.7 Å². The zero-order valence-electron chi connectivity index (χ0n) is 15.7. The van der Waals surface area contributed by atoms with Gasteiger partial charge in [-0.1, -0.05) is 40.7 Å². The summed E-state index contributed by atoms with van der Waals surface area (Å²) in [5, 5.41) is 0. The lowest BCUT2D eigenvalue weighted by Crippen LogP contribution is -2.52. The van der Waals surface area contributed by atoms with E-state index in [9.17, 15) is 9.59 Å². The van der Waals surface area contributed by atoms with Crippen molar-refractivity contribution in [1.29, 1.82) is 0 Å². The Morgan fingerprint density at radius 1 is 1.26 bits per heavy atom. The molecule has 6 heteroatoms. The molecule has 0 fully saturated rings. The van der Waals surface area contributed by atoms with Crippen LogP contribution in [-0.4, -0.2) is 42.5 Å². The number of nitrogens with two attached hydrogens (primary N) is 1. The first-order valence-electron chi connectivity index (χ1n) is 7.81. The maximum atomic E-state index is 12.6. The molecule has 136 valence electrons. The highest BCUT2D eigenvalue weighted by Gasteiger charge is 2.33. The molecule has 23 heavy (non-hydrogen) atoms. The van der Waals surface area contributed by atoms with Gasteiger partial charge in [0.15, 0.2) is 0 Å². The molecular weight excluding hydrogens is 316 g/mol. The van der Waals surface area contributed by atoms with Crippen molar-refractivity contribution >= 4 is 24.3 Å². The van der Waals surface area contributed by atoms with Gasteiger partial charge in [0.1, 0.15) is 0 Å². The highest BCUT2D eigenvalue weighted by atomic mass is 35.5. The van der Waals surface area contributed by atoms with Gasteiger partial charge in [-0.15, -0.1) is 12.4 Å². The van der Waals surface area contributed by atoms with Gasteiger partial charge in [0, 0.05) is 12.6 Å². The fourth-order valence-electron chi connectivity index (χ4n) is 2.06. The van der Waals surface area contributed by atoms with E-state index < -0.39 is 6.04 Å². The summed E-state index contributed by atoms with van der Waals surface area (Å²) in [5.74, 6) is -0.321. The van der Waals surface area contributed by atoms with Gasteiger partial charge in [-0.2, -0.15) is 0 Å². The molecule has 0 aliphatic carbocycles. The van der Waals surface area contributed by atoms with Crippen molar-refractivity contribution in [3.05, 3.63) is 11.6 Å². The summed E-state index contributed by atoms with van der Waals surface area (Å²) in [6, 6.07) is -0.791. The third kappa shape index (κ3) is 7.36. The number of halogens is 1. The topological polar surface area (TPSA) is 72.6 Å². The first-order valence-corrected chi connectivity index (χ1v) is 7.81. The fraction of sp³-hybridized carbons (Fsp3) is 0.765. The first kappa shape index (κ1) is 24.2. The van der Waals surface area contributed by atoms with Crippen molar-refractivity contribution in [2.45, 2.75) is 60.5 Å². The Bertz CT molecular complexity index is 428. The van der Waals surface area contributed by atoms with Gasteiger partial charge < -0.3 is 15.4 Å². The molecule has 0 spiro atoms. The number of likely N-dealkylation sites (N-methyl/N-ethyl adjacent to an activating group) is 1. The van der Waals surface area contributed by atoms with Gasteiger partial charge in [-0.3, -0.25) is 4.79 Å². The monoisotopic (exact) mass is 348 g/mol. The van der Waals surface area contributed by atoms with Crippen LogP contribution in [0, 0.1) is 11.3 Å². The van der Waals surface area contributed by atoms with Gasteiger partial charge in [0.05, 0.1) is 18.7 Å². The molecule has 0 aromatic rings. The second-order valence-corrected chi connectivity index (χ2v) is 7.10. The van der Waals surface area contributed by atoms with Crippen LogP contribution in [-0.2, 0) is 14.3 Å².